The molecule has 0 spiro atoms. The topological polar surface area (TPSA) is 134 Å². The summed E-state index contributed by atoms with van der Waals surface area (Å²) in [6.07, 6.45) is 1.81. The normalized spacial score (nSPS) is 12.5. The fourth-order valence-corrected chi connectivity index (χ4v) is 1.26. The monoisotopic (exact) mass is 306 g/mol. The van der Waals surface area contributed by atoms with Crippen molar-refractivity contribution in [2.24, 2.45) is 11.8 Å². The van der Waals surface area contributed by atoms with Crippen molar-refractivity contribution < 1.29 is 28.7 Å². The van der Waals surface area contributed by atoms with E-state index in [-0.39, 0.29) is 13.2 Å². The van der Waals surface area contributed by atoms with Gasteiger partial charge in [0.15, 0.2) is 0 Å². The molecule has 0 aromatic carbocycles. The molecule has 0 heterocycles. The minimum atomic E-state index is -1.51. The Morgan fingerprint density at radius 3 is 1.41 bits per heavy atom. The van der Waals surface area contributed by atoms with Crippen molar-refractivity contribution in [3.8, 4) is 12.1 Å². The number of esters is 2. The molecule has 22 heavy (non-hydrogen) atoms. The van der Waals surface area contributed by atoms with Gasteiger partial charge in [-0.1, -0.05) is 12.2 Å². The first-order chi connectivity index (χ1) is 10.4. The standard InChI is InChI=1S/C14H14N2O6/c1-3-21-13(19)11(17)9(7-15)5-6-10(8-16)12(18)14(20)22-4-2/h5-6,9-10H,3-4H2,1-2H3. The van der Waals surface area contributed by atoms with Gasteiger partial charge >= 0.3 is 11.9 Å². The maximum absolute atomic E-state index is 11.6. The molecule has 0 saturated heterocycles. The van der Waals surface area contributed by atoms with E-state index in [0.717, 1.165) is 12.2 Å². The fourth-order valence-electron chi connectivity index (χ4n) is 1.26. The van der Waals surface area contributed by atoms with Crippen molar-refractivity contribution in [1.82, 2.24) is 0 Å². The number of Topliss-reactive ketones (excluding diaryl/α,β-unsaturated/α-hetero) is 2. The summed E-state index contributed by atoms with van der Waals surface area (Å²) >= 11 is 0. The predicted molar refractivity (Wildman–Crippen MR) is 70.6 cm³/mol. The van der Waals surface area contributed by atoms with E-state index < -0.39 is 35.3 Å². The number of carbonyl (C=O) groups excluding carboxylic acids is 4. The van der Waals surface area contributed by atoms with Crippen LogP contribution >= 0.6 is 0 Å². The molecule has 0 rings (SSSR count). The zero-order valence-electron chi connectivity index (χ0n) is 12.1. The van der Waals surface area contributed by atoms with Crippen LogP contribution in [0.2, 0.25) is 0 Å². The molecule has 2 unspecified atom stereocenters. The molecule has 0 radical (unpaired) electrons. The van der Waals surface area contributed by atoms with Crippen LogP contribution in [0.3, 0.4) is 0 Å². The Kier molecular flexibility index (Phi) is 8.49. The first kappa shape index (κ1) is 19.0. The molecule has 8 nitrogen and oxygen atoms in total. The van der Waals surface area contributed by atoms with Gasteiger partial charge in [0, 0.05) is 0 Å². The molecule has 0 aromatic rings. The van der Waals surface area contributed by atoms with Gasteiger partial charge in [0.1, 0.15) is 11.8 Å². The smallest absolute Gasteiger partial charge is 0.376 e. The Balaban J connectivity index is 5.03. The molecular weight excluding hydrogens is 292 g/mol. The van der Waals surface area contributed by atoms with Crippen LogP contribution < -0.4 is 0 Å². The van der Waals surface area contributed by atoms with Gasteiger partial charge in [-0.3, -0.25) is 9.59 Å². The van der Waals surface area contributed by atoms with Crippen molar-refractivity contribution in [1.29, 1.82) is 10.5 Å². The lowest BCUT2D eigenvalue weighted by molar-refractivity contribution is -0.154. The second kappa shape index (κ2) is 9.83. The van der Waals surface area contributed by atoms with Crippen molar-refractivity contribution >= 4 is 23.5 Å². The van der Waals surface area contributed by atoms with E-state index in [1.165, 1.54) is 26.0 Å². The Labute approximate surface area is 126 Å². The van der Waals surface area contributed by atoms with E-state index in [4.69, 9.17) is 10.5 Å². The summed E-state index contributed by atoms with van der Waals surface area (Å²) in [5.74, 6) is -7.65. The summed E-state index contributed by atoms with van der Waals surface area (Å²) in [4.78, 5) is 45.6. The fraction of sp³-hybridized carbons (Fsp3) is 0.429. The molecule has 0 N–H and O–H groups in total. The SMILES string of the molecule is CCOC(=O)C(=O)C(C#N)C=CC(C#N)C(=O)C(=O)OCC. The lowest BCUT2D eigenvalue weighted by Gasteiger charge is -2.05. The minimum absolute atomic E-state index is 0.0331. The Morgan fingerprint density at radius 2 is 1.18 bits per heavy atom. The molecule has 0 aliphatic carbocycles. The first-order valence-corrected chi connectivity index (χ1v) is 6.32. The lowest BCUT2D eigenvalue weighted by Crippen LogP contribution is -2.26. The molecule has 0 amide bonds. The van der Waals surface area contributed by atoms with Crippen LogP contribution in [0.5, 0.6) is 0 Å². The highest BCUT2D eigenvalue weighted by molar-refractivity contribution is 6.36. The summed E-state index contributed by atoms with van der Waals surface area (Å²) in [7, 11) is 0. The van der Waals surface area contributed by atoms with Gasteiger partial charge in [0.25, 0.3) is 11.6 Å². The summed E-state index contributed by atoms with van der Waals surface area (Å²) in [6.45, 7) is 2.92. The van der Waals surface area contributed by atoms with Crippen LogP contribution in [0.1, 0.15) is 13.8 Å². The van der Waals surface area contributed by atoms with E-state index in [0.29, 0.717) is 0 Å². The maximum Gasteiger partial charge on any atom is 0.376 e. The third kappa shape index (κ3) is 5.55. The predicted octanol–water partition coefficient (Wildman–Crippen LogP) is 0.0866. The van der Waals surface area contributed by atoms with Crippen LogP contribution in [0, 0.1) is 34.5 Å². The zero-order chi connectivity index (χ0) is 17.1. The van der Waals surface area contributed by atoms with Gasteiger partial charge in [0.05, 0.1) is 25.4 Å². The van der Waals surface area contributed by atoms with Crippen molar-refractivity contribution in [3.63, 3.8) is 0 Å². The number of nitriles is 2. The number of hydrogen-bond acceptors (Lipinski definition) is 8. The minimum Gasteiger partial charge on any atom is -0.460 e. The molecule has 2 atom stereocenters. The summed E-state index contributed by atoms with van der Waals surface area (Å²) in [5, 5.41) is 17.7. The number of hydrogen-bond donors (Lipinski definition) is 0. The maximum atomic E-state index is 11.6. The molecule has 0 saturated carbocycles. The van der Waals surface area contributed by atoms with Crippen molar-refractivity contribution in [3.05, 3.63) is 12.2 Å². The van der Waals surface area contributed by atoms with Crippen LogP contribution in [-0.4, -0.2) is 36.7 Å². The number of ether oxygens (including phenoxy) is 2. The van der Waals surface area contributed by atoms with E-state index in [1.54, 1.807) is 0 Å². The molecule has 116 valence electrons. The Bertz CT molecular complexity index is 517. The molecular formula is C14H14N2O6. The third-order valence-electron chi connectivity index (χ3n) is 2.29. The molecule has 0 bridgehead atoms. The van der Waals surface area contributed by atoms with Gasteiger partial charge in [-0.25, -0.2) is 9.59 Å². The average molecular weight is 306 g/mol. The van der Waals surface area contributed by atoms with Gasteiger partial charge in [-0.05, 0) is 13.8 Å². The highest BCUT2D eigenvalue weighted by Crippen LogP contribution is 2.07. The second-order valence-electron chi connectivity index (χ2n) is 3.77. The first-order valence-electron chi connectivity index (χ1n) is 6.32. The van der Waals surface area contributed by atoms with Gasteiger partial charge < -0.3 is 9.47 Å². The quantitative estimate of drug-likeness (QED) is 0.349. The number of rotatable bonds is 8. The molecule has 0 aliphatic heterocycles. The van der Waals surface area contributed by atoms with Crippen molar-refractivity contribution in [2.75, 3.05) is 13.2 Å². The third-order valence-corrected chi connectivity index (χ3v) is 2.29. The lowest BCUT2D eigenvalue weighted by atomic mass is 10.00. The average Bonchev–Trinajstić information content (AvgIpc) is 2.51. The Morgan fingerprint density at radius 1 is 0.864 bits per heavy atom. The molecule has 0 aliphatic rings. The van der Waals surface area contributed by atoms with Crippen LogP contribution in [0.25, 0.3) is 0 Å². The van der Waals surface area contributed by atoms with E-state index >= 15 is 0 Å². The zero-order valence-corrected chi connectivity index (χ0v) is 12.1. The van der Waals surface area contributed by atoms with Gasteiger partial charge in [-0.15, -0.1) is 0 Å². The highest BCUT2D eigenvalue weighted by Gasteiger charge is 2.27. The largest absolute Gasteiger partial charge is 0.460 e. The van der Waals surface area contributed by atoms with Crippen molar-refractivity contribution in [2.45, 2.75) is 13.8 Å². The summed E-state index contributed by atoms with van der Waals surface area (Å²) in [6, 6.07) is 3.08. The molecule has 0 aromatic heterocycles. The van der Waals surface area contributed by atoms with Crippen LogP contribution in [-0.2, 0) is 28.7 Å². The number of nitrogens with zero attached hydrogens (tertiary/aromatic N) is 2. The second-order valence-corrected chi connectivity index (χ2v) is 3.77. The Hall–Kier alpha value is -3.00. The molecule has 8 heteroatoms. The van der Waals surface area contributed by atoms with Crippen LogP contribution in [0.15, 0.2) is 12.2 Å². The van der Waals surface area contributed by atoms with Gasteiger partial charge in [0.2, 0.25) is 0 Å². The summed E-state index contributed by atoms with van der Waals surface area (Å²) in [5.41, 5.74) is 0. The highest BCUT2D eigenvalue weighted by atomic mass is 16.5. The van der Waals surface area contributed by atoms with E-state index in [9.17, 15) is 19.2 Å². The van der Waals surface area contributed by atoms with Crippen LogP contribution in [0.4, 0.5) is 0 Å². The number of allylic oxidation sites excluding steroid dienone is 2. The van der Waals surface area contributed by atoms with E-state index in [2.05, 4.69) is 9.47 Å². The number of ketones is 2. The van der Waals surface area contributed by atoms with E-state index in [1.807, 2.05) is 0 Å². The molecule has 0 fully saturated rings. The van der Waals surface area contributed by atoms with Gasteiger partial charge in [-0.2, -0.15) is 10.5 Å². The summed E-state index contributed by atoms with van der Waals surface area (Å²) < 4.78 is 8.92. The number of carbonyl (C=O) groups is 4.